The van der Waals surface area contributed by atoms with Gasteiger partial charge in [-0.1, -0.05) is 24.3 Å². The van der Waals surface area contributed by atoms with Crippen LogP contribution in [0.1, 0.15) is 18.9 Å². The molecule has 0 bridgehead atoms. The molecule has 0 unspecified atom stereocenters. The highest BCUT2D eigenvalue weighted by atomic mass is 32.2. The summed E-state index contributed by atoms with van der Waals surface area (Å²) < 4.78 is 0.0952. The van der Waals surface area contributed by atoms with Gasteiger partial charge in [-0.15, -0.1) is 23.1 Å². The van der Waals surface area contributed by atoms with Gasteiger partial charge in [-0.2, -0.15) is 0 Å². The molecule has 1 heterocycles. The monoisotopic (exact) mass is 368 g/mol. The fourth-order valence-corrected chi connectivity index (χ4v) is 4.61. The molecule has 3 aromatic rings. The van der Waals surface area contributed by atoms with Crippen molar-refractivity contribution in [2.24, 2.45) is 0 Å². The molecule has 3 rings (SSSR count). The van der Waals surface area contributed by atoms with Crippen LogP contribution in [0.4, 0.5) is 5.69 Å². The van der Waals surface area contributed by atoms with Crippen molar-refractivity contribution in [1.82, 2.24) is 4.98 Å². The molecule has 0 spiro atoms. The Morgan fingerprint density at radius 2 is 1.92 bits per heavy atom. The van der Waals surface area contributed by atoms with Crippen LogP contribution in [0.3, 0.4) is 0 Å². The number of aromatic nitrogens is 1. The molecular weight excluding hydrogens is 352 g/mol. The summed E-state index contributed by atoms with van der Waals surface area (Å²) >= 11 is 2.93. The zero-order chi connectivity index (χ0) is 18.2. The number of hydrogen-bond acceptors (Lipinski definition) is 4. The van der Waals surface area contributed by atoms with Gasteiger partial charge in [0.15, 0.2) is 5.69 Å². The average Bonchev–Trinajstić information content (AvgIpc) is 2.94. The van der Waals surface area contributed by atoms with Gasteiger partial charge in [-0.05, 0) is 38.5 Å². The second-order valence-electron chi connectivity index (χ2n) is 6.10. The van der Waals surface area contributed by atoms with Gasteiger partial charge in [0, 0.05) is 10.5 Å². The third kappa shape index (κ3) is 3.39. The Morgan fingerprint density at radius 3 is 2.52 bits per heavy atom. The van der Waals surface area contributed by atoms with E-state index in [1.165, 1.54) is 11.8 Å². The predicted octanol–water partition coefficient (Wildman–Crippen LogP) is 5.78. The van der Waals surface area contributed by atoms with E-state index in [-0.39, 0.29) is 0 Å². The minimum Gasteiger partial charge on any atom is -0.480 e. The van der Waals surface area contributed by atoms with E-state index in [0.29, 0.717) is 5.69 Å². The number of carboxylic acids is 1. The molecule has 0 aliphatic rings. The van der Waals surface area contributed by atoms with E-state index in [9.17, 15) is 9.90 Å². The van der Waals surface area contributed by atoms with Gasteiger partial charge >= 0.3 is 5.97 Å². The lowest BCUT2D eigenvalue weighted by atomic mass is 10.0. The SMILES string of the molecule is [C-]#[N+]c1ccc(-c2c(SC(C)(C)C(=O)O)ccc3nc(C)sc23)cc1. The second kappa shape index (κ2) is 6.51. The standard InChI is InChI=1S/C19H16N2O2S2/c1-11-21-14-9-10-15(25-19(2,3)18(22)23)16(17(14)24-11)12-5-7-13(20-4)8-6-12/h5-10H,1-3H3,(H,22,23). The van der Waals surface area contributed by atoms with Crippen molar-refractivity contribution >= 4 is 45.0 Å². The highest BCUT2D eigenvalue weighted by Gasteiger charge is 2.30. The molecule has 0 saturated heterocycles. The Hall–Kier alpha value is -2.36. The fraction of sp³-hybridized carbons (Fsp3) is 0.211. The van der Waals surface area contributed by atoms with Crippen molar-refractivity contribution in [1.29, 1.82) is 0 Å². The van der Waals surface area contributed by atoms with Gasteiger partial charge in [0.25, 0.3) is 0 Å². The van der Waals surface area contributed by atoms with Crippen LogP contribution in [0.5, 0.6) is 0 Å². The van der Waals surface area contributed by atoms with Gasteiger partial charge in [0.05, 0.1) is 21.8 Å². The van der Waals surface area contributed by atoms with E-state index in [2.05, 4.69) is 9.83 Å². The third-order valence-electron chi connectivity index (χ3n) is 3.79. The topological polar surface area (TPSA) is 54.5 Å². The van der Waals surface area contributed by atoms with E-state index in [0.717, 1.165) is 31.2 Å². The van der Waals surface area contributed by atoms with Crippen molar-refractivity contribution in [3.63, 3.8) is 0 Å². The molecule has 2 aromatic carbocycles. The lowest BCUT2D eigenvalue weighted by Gasteiger charge is -2.21. The Bertz CT molecular complexity index is 999. The Labute approximate surface area is 154 Å². The van der Waals surface area contributed by atoms with E-state index < -0.39 is 10.7 Å². The first-order chi connectivity index (χ1) is 11.8. The van der Waals surface area contributed by atoms with E-state index in [4.69, 9.17) is 6.57 Å². The zero-order valence-corrected chi connectivity index (χ0v) is 15.7. The molecule has 0 radical (unpaired) electrons. The van der Waals surface area contributed by atoms with Crippen LogP contribution in [-0.4, -0.2) is 20.8 Å². The van der Waals surface area contributed by atoms with Gasteiger partial charge in [0.2, 0.25) is 0 Å². The summed E-state index contributed by atoms with van der Waals surface area (Å²) in [6, 6.07) is 11.3. The van der Waals surface area contributed by atoms with Crippen LogP contribution >= 0.6 is 23.1 Å². The minimum absolute atomic E-state index is 0.580. The molecule has 4 nitrogen and oxygen atoms in total. The summed E-state index contributed by atoms with van der Waals surface area (Å²) in [6.45, 7) is 12.5. The van der Waals surface area contributed by atoms with Gasteiger partial charge < -0.3 is 5.11 Å². The molecule has 0 saturated carbocycles. The number of aryl methyl sites for hydroxylation is 1. The van der Waals surface area contributed by atoms with E-state index in [1.807, 2.05) is 31.2 Å². The van der Waals surface area contributed by atoms with Crippen molar-refractivity contribution in [2.45, 2.75) is 30.4 Å². The van der Waals surface area contributed by atoms with Crippen LogP contribution in [-0.2, 0) is 4.79 Å². The summed E-state index contributed by atoms with van der Waals surface area (Å²) in [6.07, 6.45) is 0. The average molecular weight is 368 g/mol. The first kappa shape index (κ1) is 17.5. The van der Waals surface area contributed by atoms with Crippen LogP contribution in [0, 0.1) is 13.5 Å². The van der Waals surface area contributed by atoms with E-state index >= 15 is 0 Å². The van der Waals surface area contributed by atoms with Gasteiger partial charge in [-0.25, -0.2) is 9.83 Å². The minimum atomic E-state index is -0.946. The lowest BCUT2D eigenvalue weighted by Crippen LogP contribution is -2.26. The van der Waals surface area contributed by atoms with Crippen LogP contribution < -0.4 is 0 Å². The number of rotatable bonds is 4. The molecule has 0 amide bonds. The fourth-order valence-electron chi connectivity index (χ4n) is 2.46. The molecule has 0 atom stereocenters. The number of carbonyl (C=O) groups is 1. The Morgan fingerprint density at radius 1 is 1.24 bits per heavy atom. The zero-order valence-electron chi connectivity index (χ0n) is 14.0. The van der Waals surface area contributed by atoms with Gasteiger partial charge in [-0.3, -0.25) is 4.79 Å². The number of carboxylic acid groups (broad SMARTS) is 1. The molecule has 6 heteroatoms. The number of nitrogens with zero attached hydrogens (tertiary/aromatic N) is 2. The number of hydrogen-bond donors (Lipinski definition) is 1. The Balaban J connectivity index is 2.23. The molecule has 0 aliphatic heterocycles. The maximum atomic E-state index is 11.6. The quantitative estimate of drug-likeness (QED) is 0.468. The smallest absolute Gasteiger partial charge is 0.319 e. The number of thiazole rings is 1. The molecular formula is C19H16N2O2S2. The highest BCUT2D eigenvalue weighted by molar-refractivity contribution is 8.01. The lowest BCUT2D eigenvalue weighted by molar-refractivity contribution is -0.138. The largest absolute Gasteiger partial charge is 0.480 e. The van der Waals surface area contributed by atoms with Crippen LogP contribution in [0.2, 0.25) is 0 Å². The normalized spacial score (nSPS) is 11.4. The second-order valence-corrected chi connectivity index (χ2v) is 8.96. The van der Waals surface area contributed by atoms with Crippen molar-refractivity contribution < 1.29 is 9.90 Å². The maximum absolute atomic E-state index is 11.6. The molecule has 126 valence electrons. The summed E-state index contributed by atoms with van der Waals surface area (Å²) in [5.74, 6) is -0.854. The van der Waals surface area contributed by atoms with Crippen molar-refractivity contribution in [3.8, 4) is 11.1 Å². The third-order valence-corrected chi connectivity index (χ3v) is 6.04. The number of aliphatic carboxylic acids is 1. The number of benzene rings is 2. The number of thioether (sulfide) groups is 1. The van der Waals surface area contributed by atoms with Crippen LogP contribution in [0.25, 0.3) is 26.2 Å². The van der Waals surface area contributed by atoms with E-state index in [1.54, 1.807) is 37.3 Å². The van der Waals surface area contributed by atoms with Crippen molar-refractivity contribution in [3.05, 3.63) is 52.8 Å². The summed E-state index contributed by atoms with van der Waals surface area (Å²) in [4.78, 5) is 20.4. The van der Waals surface area contributed by atoms with Crippen LogP contribution in [0.15, 0.2) is 41.3 Å². The summed E-state index contributed by atoms with van der Waals surface area (Å²) in [5, 5.41) is 10.5. The summed E-state index contributed by atoms with van der Waals surface area (Å²) in [5.41, 5.74) is 3.44. The predicted molar refractivity (Wildman–Crippen MR) is 104 cm³/mol. The highest BCUT2D eigenvalue weighted by Crippen LogP contribution is 2.44. The molecule has 25 heavy (non-hydrogen) atoms. The summed E-state index contributed by atoms with van der Waals surface area (Å²) in [7, 11) is 0. The molecule has 1 N–H and O–H groups in total. The van der Waals surface area contributed by atoms with Gasteiger partial charge in [0.1, 0.15) is 4.75 Å². The molecule has 0 fully saturated rings. The van der Waals surface area contributed by atoms with Crippen molar-refractivity contribution in [2.75, 3.05) is 0 Å². The first-order valence-electron chi connectivity index (χ1n) is 7.62. The number of fused-ring (bicyclic) bond motifs is 1. The maximum Gasteiger partial charge on any atom is 0.319 e. The Kier molecular flexibility index (Phi) is 4.55. The first-order valence-corrected chi connectivity index (χ1v) is 9.25. The molecule has 0 aliphatic carbocycles. The molecule has 1 aromatic heterocycles.